The van der Waals surface area contributed by atoms with Crippen LogP contribution in [0.1, 0.15) is 12.1 Å². The van der Waals surface area contributed by atoms with Gasteiger partial charge >= 0.3 is 18.3 Å². The fourth-order valence-electron chi connectivity index (χ4n) is 2.67. The Balaban J connectivity index is 1.83. The van der Waals surface area contributed by atoms with Gasteiger partial charge in [-0.25, -0.2) is 9.78 Å². The van der Waals surface area contributed by atoms with Crippen LogP contribution in [0.5, 0.6) is 5.75 Å². The Kier molecular flexibility index (Phi) is 5.91. The molecule has 0 fully saturated rings. The summed E-state index contributed by atoms with van der Waals surface area (Å²) in [4.78, 5) is 30.5. The van der Waals surface area contributed by atoms with Crippen LogP contribution >= 0.6 is 0 Å². The molecule has 1 aromatic rings. The van der Waals surface area contributed by atoms with Crippen LogP contribution < -0.4 is 10.1 Å². The van der Waals surface area contributed by atoms with Gasteiger partial charge in [0.2, 0.25) is 11.6 Å². The molecule has 0 radical (unpaired) electrons. The number of amides is 2. The maximum absolute atomic E-state index is 13.1. The van der Waals surface area contributed by atoms with Gasteiger partial charge in [0.05, 0.1) is 17.7 Å². The number of allylic oxidation sites excluding steroid dienone is 4. The Bertz CT molecular complexity index is 1000. The van der Waals surface area contributed by atoms with E-state index in [0.29, 0.717) is 18.3 Å². The van der Waals surface area contributed by atoms with Crippen LogP contribution in [0.15, 0.2) is 58.6 Å². The number of halogens is 6. The van der Waals surface area contributed by atoms with Gasteiger partial charge in [-0.05, 0) is 24.6 Å². The van der Waals surface area contributed by atoms with Gasteiger partial charge < -0.3 is 4.74 Å². The summed E-state index contributed by atoms with van der Waals surface area (Å²) >= 11 is 0. The molecule has 12 heteroatoms. The molecule has 6 nitrogen and oxygen atoms in total. The highest BCUT2D eigenvalue weighted by atomic mass is 19.4. The van der Waals surface area contributed by atoms with Gasteiger partial charge in [0.15, 0.2) is 6.08 Å². The molecule has 2 heterocycles. The Hall–Kier alpha value is -3.57. The highest BCUT2D eigenvalue weighted by molar-refractivity contribution is 6.01. The van der Waals surface area contributed by atoms with Crippen molar-refractivity contribution in [1.29, 1.82) is 0 Å². The van der Waals surface area contributed by atoms with Crippen molar-refractivity contribution < 1.29 is 40.7 Å². The van der Waals surface area contributed by atoms with E-state index in [1.54, 1.807) is 0 Å². The summed E-state index contributed by atoms with van der Waals surface area (Å²) in [6.07, 6.45) is -4.27. The molecule has 3 rings (SSSR count). The molecule has 1 aliphatic carbocycles. The van der Waals surface area contributed by atoms with E-state index in [1.807, 2.05) is 0 Å². The molecule has 0 saturated heterocycles. The number of pyridine rings is 1. The SMILES string of the molecule is O=C1C=C(NC(=O)C2CC=C(C(F)(F)F)C=C2Oc2ccc(C(F)(F)F)nc2)[CH+]C=N1. The predicted molar refractivity (Wildman–Crippen MR) is 94.2 cm³/mol. The van der Waals surface area contributed by atoms with E-state index in [9.17, 15) is 35.9 Å². The molecular weight excluding hydrogens is 432 g/mol. The molecule has 31 heavy (non-hydrogen) atoms. The van der Waals surface area contributed by atoms with Gasteiger partial charge in [0.1, 0.15) is 29.8 Å². The van der Waals surface area contributed by atoms with E-state index in [1.165, 1.54) is 6.42 Å². The molecule has 0 aromatic carbocycles. The van der Waals surface area contributed by atoms with E-state index in [2.05, 4.69) is 15.3 Å². The number of nitrogens with one attached hydrogen (secondary N) is 1. The summed E-state index contributed by atoms with van der Waals surface area (Å²) in [6, 6.07) is 1.48. The lowest BCUT2D eigenvalue weighted by atomic mass is 9.93. The van der Waals surface area contributed by atoms with E-state index in [0.717, 1.165) is 24.4 Å². The molecule has 0 spiro atoms. The lowest BCUT2D eigenvalue weighted by molar-refractivity contribution is -0.141. The van der Waals surface area contributed by atoms with E-state index < -0.39 is 53.5 Å². The lowest BCUT2D eigenvalue weighted by Crippen LogP contribution is -2.35. The zero-order chi connectivity index (χ0) is 22.8. The second-order valence-corrected chi connectivity index (χ2v) is 6.34. The van der Waals surface area contributed by atoms with E-state index in [-0.39, 0.29) is 11.4 Å². The highest BCUT2D eigenvalue weighted by Crippen LogP contribution is 2.36. The third kappa shape index (κ3) is 5.53. The molecule has 0 bridgehead atoms. The molecule has 2 amide bonds. The number of carbonyl (C=O) groups excluding carboxylic acids is 2. The Morgan fingerprint density at radius 3 is 2.45 bits per heavy atom. The minimum atomic E-state index is -4.73. The number of aromatic nitrogens is 1. The zero-order valence-corrected chi connectivity index (χ0v) is 15.3. The van der Waals surface area contributed by atoms with Crippen LogP contribution in [0, 0.1) is 12.3 Å². The number of aliphatic imine (C=N–C) groups is 1. The van der Waals surface area contributed by atoms with Crippen LogP contribution in [0.3, 0.4) is 0 Å². The summed E-state index contributed by atoms with van der Waals surface area (Å²) in [6.45, 7) is 0. The first kappa shape index (κ1) is 22.1. The van der Waals surface area contributed by atoms with Gasteiger partial charge in [-0.3, -0.25) is 10.1 Å². The summed E-state index contributed by atoms with van der Waals surface area (Å²) in [5.41, 5.74) is -2.21. The van der Waals surface area contributed by atoms with Crippen LogP contribution in [0.4, 0.5) is 26.3 Å². The number of dihydropyridines is 1. The van der Waals surface area contributed by atoms with Gasteiger partial charge in [-0.15, -0.1) is 0 Å². The first-order valence-corrected chi connectivity index (χ1v) is 8.57. The number of alkyl halides is 6. The number of carbonyl (C=O) groups is 2. The smallest absolute Gasteiger partial charge is 0.433 e. The van der Waals surface area contributed by atoms with Crippen molar-refractivity contribution in [3.8, 4) is 5.75 Å². The molecule has 1 unspecified atom stereocenters. The maximum atomic E-state index is 13.1. The number of ether oxygens (including phenoxy) is 1. The third-order valence-corrected chi connectivity index (χ3v) is 4.12. The highest BCUT2D eigenvalue weighted by Gasteiger charge is 2.38. The fraction of sp³-hybridized carbons (Fsp3) is 0.211. The molecule has 162 valence electrons. The number of hydrogen-bond acceptors (Lipinski definition) is 4. The molecule has 1 aliphatic heterocycles. The number of nitrogens with zero attached hydrogens (tertiary/aromatic N) is 2. The topological polar surface area (TPSA) is 80.7 Å². The van der Waals surface area contributed by atoms with Crippen molar-refractivity contribution in [1.82, 2.24) is 10.3 Å². The first-order chi connectivity index (χ1) is 14.4. The van der Waals surface area contributed by atoms with Crippen molar-refractivity contribution in [3.63, 3.8) is 0 Å². The second-order valence-electron chi connectivity index (χ2n) is 6.34. The number of hydrogen-bond donors (Lipinski definition) is 1. The minimum absolute atomic E-state index is 0.0751. The van der Waals surface area contributed by atoms with Gasteiger partial charge in [-0.1, -0.05) is 6.08 Å². The Morgan fingerprint density at radius 1 is 1.13 bits per heavy atom. The van der Waals surface area contributed by atoms with Crippen molar-refractivity contribution in [2.24, 2.45) is 10.9 Å². The van der Waals surface area contributed by atoms with Crippen LogP contribution in [-0.4, -0.2) is 29.2 Å². The van der Waals surface area contributed by atoms with E-state index >= 15 is 0 Å². The predicted octanol–water partition coefficient (Wildman–Crippen LogP) is 3.69. The van der Waals surface area contributed by atoms with Gasteiger partial charge in [-0.2, -0.15) is 31.3 Å². The summed E-state index contributed by atoms with van der Waals surface area (Å²) in [5.74, 6) is -3.38. The molecule has 1 aromatic heterocycles. The lowest BCUT2D eigenvalue weighted by Gasteiger charge is -2.24. The molecular formula is C19H12F6N3O3+. The second kappa shape index (κ2) is 8.28. The van der Waals surface area contributed by atoms with Crippen molar-refractivity contribution in [2.75, 3.05) is 0 Å². The Morgan fingerprint density at radius 2 is 1.87 bits per heavy atom. The van der Waals surface area contributed by atoms with Crippen molar-refractivity contribution in [2.45, 2.75) is 18.8 Å². The average Bonchev–Trinajstić information content (AvgIpc) is 2.67. The largest absolute Gasteiger partial charge is 0.459 e. The standard InChI is InChI=1S/C19H11F6N3O3/c20-18(21,22)10-1-3-13(17(30)28-11-5-6-26-16(29)8-11)14(7-10)31-12-2-4-15(27-9-12)19(23,24)25/h1-2,4-9,13H,3H2/p+1. The quantitative estimate of drug-likeness (QED) is 0.568. The normalized spacial score (nSPS) is 19.1. The average molecular weight is 444 g/mol. The summed E-state index contributed by atoms with van der Waals surface area (Å²) in [5, 5.41) is 2.38. The van der Waals surface area contributed by atoms with E-state index in [4.69, 9.17) is 4.74 Å². The third-order valence-electron chi connectivity index (χ3n) is 4.12. The fourth-order valence-corrected chi connectivity index (χ4v) is 2.67. The minimum Gasteiger partial charge on any atom is -0.459 e. The van der Waals surface area contributed by atoms with Crippen LogP contribution in [0.25, 0.3) is 0 Å². The molecule has 1 N–H and O–H groups in total. The Labute approximate surface area is 171 Å². The maximum Gasteiger partial charge on any atom is 0.433 e. The van der Waals surface area contributed by atoms with Crippen molar-refractivity contribution >= 4 is 18.0 Å². The number of rotatable bonds is 4. The molecule has 1 atom stereocenters. The van der Waals surface area contributed by atoms with Crippen molar-refractivity contribution in [3.05, 3.63) is 65.7 Å². The van der Waals surface area contributed by atoms with Crippen LogP contribution in [0.2, 0.25) is 0 Å². The summed E-state index contributed by atoms with van der Waals surface area (Å²) in [7, 11) is 0. The van der Waals surface area contributed by atoms with Gasteiger partial charge in [0, 0.05) is 0 Å². The summed E-state index contributed by atoms with van der Waals surface area (Å²) < 4.78 is 82.5. The van der Waals surface area contributed by atoms with Crippen LogP contribution in [-0.2, 0) is 15.8 Å². The van der Waals surface area contributed by atoms with Gasteiger partial charge in [0.25, 0.3) is 0 Å². The zero-order valence-electron chi connectivity index (χ0n) is 15.3. The molecule has 2 aliphatic rings. The monoisotopic (exact) mass is 444 g/mol. The molecule has 0 saturated carbocycles. The first-order valence-electron chi connectivity index (χ1n) is 8.57.